The maximum Gasteiger partial charge on any atom is 0.573 e. The molecule has 0 radical (unpaired) electrons. The second kappa shape index (κ2) is 8.18. The Hall–Kier alpha value is -2.35. The van der Waals surface area contributed by atoms with Crippen molar-refractivity contribution < 1.29 is 27.8 Å². The number of halogens is 6. The number of ether oxygens (including phenoxy) is 1. The van der Waals surface area contributed by atoms with Crippen molar-refractivity contribution in [3.8, 4) is 5.75 Å². The summed E-state index contributed by atoms with van der Waals surface area (Å²) in [6, 6.07) is 8.55. The van der Waals surface area contributed by atoms with E-state index in [0.717, 1.165) is 6.08 Å². The third-order valence-electron chi connectivity index (χ3n) is 3.94. The average molecular weight is 465 g/mol. The molecule has 1 heterocycles. The molecule has 0 aliphatic rings. The van der Waals surface area contributed by atoms with E-state index in [2.05, 4.69) is 4.74 Å². The maximum atomic E-state index is 12.5. The van der Waals surface area contributed by atoms with Gasteiger partial charge in [-0.05, 0) is 35.9 Å². The molecule has 0 atom stereocenters. The Morgan fingerprint density at radius 1 is 1.14 bits per heavy atom. The summed E-state index contributed by atoms with van der Waals surface area (Å²) in [5, 5.41) is 10.1. The zero-order valence-electron chi connectivity index (χ0n) is 14.3. The van der Waals surface area contributed by atoms with Gasteiger partial charge in [0.15, 0.2) is 0 Å². The molecule has 0 spiro atoms. The van der Waals surface area contributed by atoms with Crippen molar-refractivity contribution in [2.75, 3.05) is 0 Å². The topological polar surface area (TPSA) is 51.5 Å². The minimum atomic E-state index is -4.81. The summed E-state index contributed by atoms with van der Waals surface area (Å²) in [4.78, 5) is 10.9. The van der Waals surface area contributed by atoms with Crippen molar-refractivity contribution in [3.05, 3.63) is 68.8 Å². The van der Waals surface area contributed by atoms with Crippen molar-refractivity contribution in [1.82, 2.24) is 4.57 Å². The molecule has 0 aliphatic heterocycles. The van der Waals surface area contributed by atoms with E-state index in [0.29, 0.717) is 22.0 Å². The molecule has 1 aromatic heterocycles. The van der Waals surface area contributed by atoms with Crippen LogP contribution in [0.5, 0.6) is 5.75 Å². The van der Waals surface area contributed by atoms with Crippen LogP contribution in [0.25, 0.3) is 17.0 Å². The molecule has 0 saturated heterocycles. The summed E-state index contributed by atoms with van der Waals surface area (Å²) in [5.74, 6) is -1.53. The zero-order valence-corrected chi connectivity index (χ0v) is 16.6. The van der Waals surface area contributed by atoms with Crippen LogP contribution in [0.3, 0.4) is 0 Å². The van der Waals surface area contributed by atoms with Crippen LogP contribution in [0, 0.1) is 0 Å². The number of aromatic nitrogens is 1. The second-order valence-corrected chi connectivity index (χ2v) is 7.11. The summed E-state index contributed by atoms with van der Waals surface area (Å²) < 4.78 is 43.0. The normalized spacial score (nSPS) is 12.1. The van der Waals surface area contributed by atoms with E-state index < -0.39 is 12.3 Å². The van der Waals surface area contributed by atoms with Gasteiger partial charge in [0.25, 0.3) is 0 Å². The summed E-state index contributed by atoms with van der Waals surface area (Å²) in [6.07, 6.45) is -2.57. The monoisotopic (exact) mass is 463 g/mol. The highest BCUT2D eigenvalue weighted by atomic mass is 35.5. The van der Waals surface area contributed by atoms with Crippen molar-refractivity contribution >= 4 is 57.8 Å². The third-order valence-corrected chi connectivity index (χ3v) is 5.07. The summed E-state index contributed by atoms with van der Waals surface area (Å²) in [6.45, 7) is 0.0866. The molecular formula is C19H11Cl3F3NO3. The number of rotatable bonds is 5. The average Bonchev–Trinajstić information content (AvgIpc) is 2.84. The summed E-state index contributed by atoms with van der Waals surface area (Å²) in [7, 11) is 0. The van der Waals surface area contributed by atoms with E-state index >= 15 is 0 Å². The first-order chi connectivity index (χ1) is 13.5. The van der Waals surface area contributed by atoms with E-state index in [9.17, 15) is 18.0 Å². The fraction of sp³-hybridized carbons (Fsp3) is 0.105. The molecule has 0 aliphatic carbocycles. The molecule has 152 valence electrons. The Labute approximate surface area is 177 Å². The van der Waals surface area contributed by atoms with Gasteiger partial charge in [0.1, 0.15) is 10.9 Å². The number of benzene rings is 2. The third kappa shape index (κ3) is 4.98. The largest absolute Gasteiger partial charge is 0.573 e. The van der Waals surface area contributed by atoms with Crippen molar-refractivity contribution in [3.63, 3.8) is 0 Å². The first-order valence-corrected chi connectivity index (χ1v) is 9.11. The smallest absolute Gasteiger partial charge is 0.478 e. The molecule has 0 amide bonds. The van der Waals surface area contributed by atoms with Crippen LogP contribution >= 0.6 is 34.8 Å². The van der Waals surface area contributed by atoms with Gasteiger partial charge in [-0.15, -0.1) is 13.2 Å². The molecule has 0 saturated carbocycles. The standard InChI is InChI=1S/C19H11Cl3F3NO3/c20-14-7-13-12(4-5-17(27)28)18(22)26(16(13)8-15(14)21)9-10-2-1-3-11(6-10)29-19(23,24)25/h1-8H,9H2,(H,27,28)/b5-4+. The van der Waals surface area contributed by atoms with Gasteiger partial charge in [0.2, 0.25) is 0 Å². The molecule has 0 bridgehead atoms. The van der Waals surface area contributed by atoms with E-state index in [1.54, 1.807) is 22.8 Å². The number of hydrogen-bond acceptors (Lipinski definition) is 2. The Morgan fingerprint density at radius 3 is 2.48 bits per heavy atom. The zero-order chi connectivity index (χ0) is 21.3. The molecule has 10 heteroatoms. The molecule has 1 N–H and O–H groups in total. The highest BCUT2D eigenvalue weighted by molar-refractivity contribution is 6.43. The SMILES string of the molecule is O=C(O)/C=C/c1c(Cl)n(Cc2cccc(OC(F)(F)F)c2)c2cc(Cl)c(Cl)cc12. The van der Waals surface area contributed by atoms with Crippen LogP contribution in [-0.4, -0.2) is 22.0 Å². The van der Waals surface area contributed by atoms with Crippen LogP contribution in [0.4, 0.5) is 13.2 Å². The van der Waals surface area contributed by atoms with Gasteiger partial charge in [0, 0.05) is 23.6 Å². The number of fused-ring (bicyclic) bond motifs is 1. The fourth-order valence-corrected chi connectivity index (χ4v) is 3.47. The van der Waals surface area contributed by atoms with Gasteiger partial charge in [-0.25, -0.2) is 4.79 Å². The number of carboxylic acid groups (broad SMARTS) is 1. The number of aliphatic carboxylic acids is 1. The van der Waals surface area contributed by atoms with E-state index in [1.807, 2.05) is 0 Å². The van der Waals surface area contributed by atoms with Crippen LogP contribution in [-0.2, 0) is 11.3 Å². The highest BCUT2D eigenvalue weighted by Gasteiger charge is 2.31. The number of carboxylic acids is 1. The minimum Gasteiger partial charge on any atom is -0.478 e. The predicted octanol–water partition coefficient (Wildman–Crippen LogP) is 6.65. The number of carbonyl (C=O) groups is 1. The lowest BCUT2D eigenvalue weighted by molar-refractivity contribution is -0.274. The van der Waals surface area contributed by atoms with Crippen LogP contribution in [0.15, 0.2) is 42.5 Å². The molecule has 4 nitrogen and oxygen atoms in total. The number of alkyl halides is 3. The van der Waals surface area contributed by atoms with Gasteiger partial charge >= 0.3 is 12.3 Å². The van der Waals surface area contributed by atoms with Crippen molar-refractivity contribution in [2.24, 2.45) is 0 Å². The predicted molar refractivity (Wildman–Crippen MR) is 106 cm³/mol. The Morgan fingerprint density at radius 2 is 1.83 bits per heavy atom. The molecule has 0 fully saturated rings. The second-order valence-electron chi connectivity index (χ2n) is 5.94. The van der Waals surface area contributed by atoms with E-state index in [-0.39, 0.29) is 27.5 Å². The highest BCUT2D eigenvalue weighted by Crippen LogP contribution is 2.37. The summed E-state index contributed by atoms with van der Waals surface area (Å²) >= 11 is 18.6. The number of nitrogens with zero attached hydrogens (tertiary/aromatic N) is 1. The van der Waals surface area contributed by atoms with Crippen molar-refractivity contribution in [1.29, 1.82) is 0 Å². The lowest BCUT2D eigenvalue weighted by Gasteiger charge is -2.12. The van der Waals surface area contributed by atoms with E-state index in [4.69, 9.17) is 39.9 Å². The molecule has 0 unspecified atom stereocenters. The Bertz CT molecular complexity index is 1120. The summed E-state index contributed by atoms with van der Waals surface area (Å²) in [5.41, 5.74) is 1.41. The van der Waals surface area contributed by atoms with Gasteiger partial charge in [0.05, 0.1) is 15.6 Å². The van der Waals surface area contributed by atoms with Crippen LogP contribution in [0.1, 0.15) is 11.1 Å². The van der Waals surface area contributed by atoms with Gasteiger partial charge in [-0.3, -0.25) is 0 Å². The number of hydrogen-bond donors (Lipinski definition) is 1. The van der Waals surface area contributed by atoms with Gasteiger partial charge in [-0.2, -0.15) is 0 Å². The van der Waals surface area contributed by atoms with Crippen molar-refractivity contribution in [2.45, 2.75) is 12.9 Å². The first kappa shape index (κ1) is 21.4. The van der Waals surface area contributed by atoms with Gasteiger partial charge < -0.3 is 14.4 Å². The molecular weight excluding hydrogens is 454 g/mol. The maximum absolute atomic E-state index is 12.5. The fourth-order valence-electron chi connectivity index (χ4n) is 2.83. The molecule has 3 aromatic rings. The molecule has 29 heavy (non-hydrogen) atoms. The minimum absolute atomic E-state index is 0.0866. The molecule has 2 aromatic carbocycles. The van der Waals surface area contributed by atoms with E-state index in [1.165, 1.54) is 24.3 Å². The molecule has 3 rings (SSSR count). The lowest BCUT2D eigenvalue weighted by Crippen LogP contribution is -2.17. The van der Waals surface area contributed by atoms with Crippen LogP contribution < -0.4 is 4.74 Å². The Balaban J connectivity index is 2.10. The van der Waals surface area contributed by atoms with Gasteiger partial charge in [-0.1, -0.05) is 46.9 Å². The lowest BCUT2D eigenvalue weighted by atomic mass is 10.1. The first-order valence-electron chi connectivity index (χ1n) is 7.97. The Kier molecular flexibility index (Phi) is 6.03. The quantitative estimate of drug-likeness (QED) is 0.430. The van der Waals surface area contributed by atoms with Crippen LogP contribution in [0.2, 0.25) is 15.2 Å².